The molecule has 1 aromatic rings. The number of amides is 3. The molecule has 2 saturated heterocycles. The molecule has 1 aromatic carbocycles. The van der Waals surface area contributed by atoms with Gasteiger partial charge in [-0.25, -0.2) is 8.42 Å². The summed E-state index contributed by atoms with van der Waals surface area (Å²) < 4.78 is 36.7. The lowest BCUT2D eigenvalue weighted by molar-refractivity contribution is -0.155. The van der Waals surface area contributed by atoms with Gasteiger partial charge in [-0.3, -0.25) is 14.4 Å². The molecule has 3 heterocycles. The van der Waals surface area contributed by atoms with Crippen molar-refractivity contribution >= 4 is 27.7 Å². The van der Waals surface area contributed by atoms with Crippen molar-refractivity contribution in [3.8, 4) is 5.75 Å². The Labute approximate surface area is 224 Å². The number of fused-ring (bicyclic) bond motifs is 1. The Bertz CT molecular complexity index is 1130. The normalized spacial score (nSPS) is 24.2. The predicted molar refractivity (Wildman–Crippen MR) is 140 cm³/mol. The van der Waals surface area contributed by atoms with E-state index in [9.17, 15) is 22.8 Å². The summed E-state index contributed by atoms with van der Waals surface area (Å²) in [6.45, 7) is 2.34. The first-order valence-corrected chi connectivity index (χ1v) is 15.1. The van der Waals surface area contributed by atoms with Gasteiger partial charge in [0.25, 0.3) is 11.8 Å². The number of hydrogen-bond acceptors (Lipinski definition) is 7. The molecule has 3 aliphatic rings. The molecular formula is C26H38N4O7S. The number of nitrogens with one attached hydrogen (secondary N) is 1. The predicted octanol–water partition coefficient (Wildman–Crippen LogP) is 0.707. The molecule has 0 saturated carbocycles. The molecule has 1 N–H and O–H groups in total. The van der Waals surface area contributed by atoms with Crippen LogP contribution < -0.4 is 10.1 Å². The number of morpholine rings is 1. The molecule has 210 valence electrons. The first-order valence-electron chi connectivity index (χ1n) is 13.2. The van der Waals surface area contributed by atoms with Crippen molar-refractivity contribution in [1.82, 2.24) is 19.4 Å². The van der Waals surface area contributed by atoms with Crippen LogP contribution in [0.1, 0.15) is 42.5 Å². The monoisotopic (exact) mass is 550 g/mol. The Balaban J connectivity index is 1.42. The number of likely N-dealkylation sites (N-methyl/N-ethyl adjacent to an activating group) is 1. The van der Waals surface area contributed by atoms with Crippen LogP contribution in [0.25, 0.3) is 0 Å². The summed E-state index contributed by atoms with van der Waals surface area (Å²) >= 11 is 0. The van der Waals surface area contributed by atoms with Crippen molar-refractivity contribution in [2.24, 2.45) is 5.41 Å². The average Bonchev–Trinajstić information content (AvgIpc) is 2.91. The maximum Gasteiger partial charge on any atom is 0.255 e. The Morgan fingerprint density at radius 2 is 1.76 bits per heavy atom. The summed E-state index contributed by atoms with van der Waals surface area (Å²) in [6.07, 6.45) is 3.48. The van der Waals surface area contributed by atoms with Crippen molar-refractivity contribution in [2.75, 3.05) is 65.8 Å². The molecule has 3 aliphatic heterocycles. The number of carbonyl (C=O) groups is 3. The van der Waals surface area contributed by atoms with Gasteiger partial charge in [-0.1, -0.05) is 18.6 Å². The summed E-state index contributed by atoms with van der Waals surface area (Å²) in [5.41, 5.74) is -0.127. The Morgan fingerprint density at radius 1 is 1.03 bits per heavy atom. The summed E-state index contributed by atoms with van der Waals surface area (Å²) in [5, 5.41) is 2.95. The van der Waals surface area contributed by atoms with Gasteiger partial charge in [0.15, 0.2) is 0 Å². The van der Waals surface area contributed by atoms with Crippen molar-refractivity contribution < 1.29 is 32.3 Å². The van der Waals surface area contributed by atoms with E-state index >= 15 is 0 Å². The van der Waals surface area contributed by atoms with E-state index in [2.05, 4.69) is 5.32 Å². The highest BCUT2D eigenvalue weighted by Gasteiger charge is 2.44. The van der Waals surface area contributed by atoms with Crippen molar-refractivity contribution in [2.45, 2.75) is 38.2 Å². The lowest BCUT2D eigenvalue weighted by atomic mass is 9.73. The first-order chi connectivity index (χ1) is 18.1. The van der Waals surface area contributed by atoms with Crippen LogP contribution in [0.15, 0.2) is 24.3 Å². The van der Waals surface area contributed by atoms with Gasteiger partial charge in [0.1, 0.15) is 18.5 Å². The van der Waals surface area contributed by atoms with Crippen LogP contribution in [0.4, 0.5) is 0 Å². The van der Waals surface area contributed by atoms with Crippen LogP contribution in [0.5, 0.6) is 5.75 Å². The molecule has 38 heavy (non-hydrogen) atoms. The van der Waals surface area contributed by atoms with E-state index in [1.165, 1.54) is 4.31 Å². The van der Waals surface area contributed by atoms with Gasteiger partial charge in [0.05, 0.1) is 30.4 Å². The second-order valence-corrected chi connectivity index (χ2v) is 12.4. The van der Waals surface area contributed by atoms with Crippen molar-refractivity contribution in [3.63, 3.8) is 0 Å². The van der Waals surface area contributed by atoms with Gasteiger partial charge in [0.2, 0.25) is 15.9 Å². The van der Waals surface area contributed by atoms with Gasteiger partial charge in [-0.15, -0.1) is 0 Å². The number of piperidine rings is 1. The fraction of sp³-hybridized carbons (Fsp3) is 0.654. The van der Waals surface area contributed by atoms with Crippen LogP contribution in [0.3, 0.4) is 0 Å². The Hall–Kier alpha value is -2.70. The Morgan fingerprint density at radius 3 is 2.50 bits per heavy atom. The number of likely N-dealkylation sites (tertiary alicyclic amines) is 1. The number of nitrogens with zero attached hydrogens (tertiary/aromatic N) is 3. The molecule has 0 aliphatic carbocycles. The minimum atomic E-state index is -3.41. The highest BCUT2D eigenvalue weighted by molar-refractivity contribution is 7.88. The minimum absolute atomic E-state index is 0.00975. The minimum Gasteiger partial charge on any atom is -0.491 e. The van der Waals surface area contributed by atoms with Gasteiger partial charge in [-0.05, 0) is 37.8 Å². The van der Waals surface area contributed by atoms with Crippen LogP contribution in [-0.4, -0.2) is 112 Å². The number of rotatable bonds is 2. The Kier molecular flexibility index (Phi) is 8.94. The zero-order chi connectivity index (χ0) is 27.3. The number of carbonyl (C=O) groups excluding carboxylic acids is 3. The van der Waals surface area contributed by atoms with Crippen molar-refractivity contribution in [3.05, 3.63) is 29.8 Å². The maximum absolute atomic E-state index is 13.7. The van der Waals surface area contributed by atoms with E-state index in [0.717, 1.165) is 19.1 Å². The molecule has 0 bridgehead atoms. The van der Waals surface area contributed by atoms with Gasteiger partial charge < -0.3 is 24.6 Å². The van der Waals surface area contributed by atoms with Gasteiger partial charge in [0, 0.05) is 39.8 Å². The average molecular weight is 551 g/mol. The van der Waals surface area contributed by atoms with Gasteiger partial charge >= 0.3 is 0 Å². The molecule has 4 rings (SSSR count). The second kappa shape index (κ2) is 12.0. The van der Waals surface area contributed by atoms with E-state index in [1.807, 2.05) is 6.07 Å². The van der Waals surface area contributed by atoms with Crippen LogP contribution in [-0.2, 0) is 24.3 Å². The second-order valence-electron chi connectivity index (χ2n) is 10.4. The SMILES string of the molecule is CN1CCOc2ccccc2C(=O)NCCCCC2(CCN(C(=O)C3CN(S(C)(=O)=O)CCO3)CC2)C1=O. The van der Waals surface area contributed by atoms with Crippen LogP contribution >= 0.6 is 0 Å². The molecule has 1 atom stereocenters. The van der Waals surface area contributed by atoms with E-state index in [-0.39, 0.29) is 44.0 Å². The third kappa shape index (κ3) is 6.47. The zero-order valence-electron chi connectivity index (χ0n) is 22.2. The van der Waals surface area contributed by atoms with Crippen LogP contribution in [0.2, 0.25) is 0 Å². The highest BCUT2D eigenvalue weighted by Crippen LogP contribution is 2.39. The van der Waals surface area contributed by atoms with E-state index in [1.54, 1.807) is 35.0 Å². The summed E-state index contributed by atoms with van der Waals surface area (Å²) in [5.74, 6) is 0.122. The molecule has 12 heteroatoms. The van der Waals surface area contributed by atoms with E-state index < -0.39 is 21.5 Å². The molecule has 3 amide bonds. The lowest BCUT2D eigenvalue weighted by Crippen LogP contribution is -2.56. The molecular weight excluding hydrogens is 512 g/mol. The fourth-order valence-corrected chi connectivity index (χ4v) is 6.28. The molecule has 2 fully saturated rings. The number of para-hydroxylation sites is 1. The molecule has 11 nitrogen and oxygen atoms in total. The third-order valence-electron chi connectivity index (χ3n) is 7.79. The molecule has 0 radical (unpaired) electrons. The number of sulfonamides is 1. The molecule has 0 aromatic heterocycles. The smallest absolute Gasteiger partial charge is 0.255 e. The first kappa shape index (κ1) is 28.3. The molecule has 1 unspecified atom stereocenters. The summed E-state index contributed by atoms with van der Waals surface area (Å²) in [4.78, 5) is 42.9. The standard InChI is InChI=1S/C26H38N4O7S/c1-28-15-17-36-21-8-4-3-7-20(21)23(31)27-12-6-5-9-26(25(28)33)10-13-29(14-11-26)24(32)22-19-30(16-18-37-22)38(2,34)35/h3-4,7-8,22H,5-6,9-19H2,1-2H3,(H,27,31). The summed E-state index contributed by atoms with van der Waals surface area (Å²) in [7, 11) is -1.64. The maximum atomic E-state index is 13.7. The summed E-state index contributed by atoms with van der Waals surface area (Å²) in [6, 6.07) is 7.09. The third-order valence-corrected chi connectivity index (χ3v) is 9.06. The van der Waals surface area contributed by atoms with Crippen LogP contribution in [0, 0.1) is 5.41 Å². The highest BCUT2D eigenvalue weighted by atomic mass is 32.2. The van der Waals surface area contributed by atoms with Gasteiger partial charge in [-0.2, -0.15) is 4.31 Å². The zero-order valence-corrected chi connectivity index (χ0v) is 23.0. The topological polar surface area (TPSA) is 126 Å². The number of ether oxygens (including phenoxy) is 2. The quantitative estimate of drug-likeness (QED) is 0.575. The molecule has 1 spiro atoms. The fourth-order valence-electron chi connectivity index (χ4n) is 5.47. The van der Waals surface area contributed by atoms with E-state index in [4.69, 9.17) is 9.47 Å². The number of benzene rings is 1. The lowest BCUT2D eigenvalue weighted by Gasteiger charge is -2.44. The van der Waals surface area contributed by atoms with Crippen molar-refractivity contribution in [1.29, 1.82) is 0 Å². The van der Waals surface area contributed by atoms with E-state index in [0.29, 0.717) is 56.8 Å². The largest absolute Gasteiger partial charge is 0.491 e. The number of hydrogen-bond donors (Lipinski definition) is 1.